The number of carbonyl (C=O) groups excluding carboxylic acids is 2. The predicted octanol–water partition coefficient (Wildman–Crippen LogP) is 4.27. The summed E-state index contributed by atoms with van der Waals surface area (Å²) in [6, 6.07) is 13.0. The minimum absolute atomic E-state index is 0.0342. The lowest BCUT2D eigenvalue weighted by Crippen LogP contribution is -2.29. The van der Waals surface area contributed by atoms with Crippen molar-refractivity contribution in [2.45, 2.75) is 31.6 Å². The second kappa shape index (κ2) is 10.1. The molecule has 2 aromatic carbocycles. The van der Waals surface area contributed by atoms with Crippen LogP contribution in [0.25, 0.3) is 10.2 Å². The third-order valence-electron chi connectivity index (χ3n) is 4.79. The summed E-state index contributed by atoms with van der Waals surface area (Å²) in [6.45, 7) is 4.22. The number of nitrogens with one attached hydrogen (secondary N) is 2. The van der Waals surface area contributed by atoms with Gasteiger partial charge in [0.05, 0.1) is 27.6 Å². The molecule has 2 heterocycles. The third-order valence-corrected chi connectivity index (χ3v) is 6.71. The van der Waals surface area contributed by atoms with Crippen molar-refractivity contribution in [3.05, 3.63) is 65.7 Å². The van der Waals surface area contributed by atoms with Crippen LogP contribution in [0.1, 0.15) is 36.1 Å². The average Bonchev–Trinajstić information content (AvgIpc) is 3.40. The number of anilines is 1. The van der Waals surface area contributed by atoms with E-state index in [2.05, 4.69) is 25.8 Å². The standard InChI is InChI=1S/C22H21FN6O2S2/c1-3-29-19(13(2)24-20(31)14-8-4-5-9-15(14)23)27-28-22(29)32-12-18(30)26-21-25-16-10-6-7-11-17(16)33-21/h4-11,13H,3,12H2,1-2H3,(H,24,31)(H,25,26,30)/t13-/m1/s1. The van der Waals surface area contributed by atoms with Crippen molar-refractivity contribution in [2.75, 3.05) is 11.1 Å². The number of nitrogens with zero attached hydrogens (tertiary/aromatic N) is 4. The van der Waals surface area contributed by atoms with Gasteiger partial charge in [-0.2, -0.15) is 0 Å². The maximum Gasteiger partial charge on any atom is 0.254 e. The van der Waals surface area contributed by atoms with Crippen molar-refractivity contribution >= 4 is 50.3 Å². The summed E-state index contributed by atoms with van der Waals surface area (Å²) >= 11 is 2.66. The number of thiazole rings is 1. The van der Waals surface area contributed by atoms with Crippen molar-refractivity contribution < 1.29 is 14.0 Å². The van der Waals surface area contributed by atoms with Gasteiger partial charge in [0.1, 0.15) is 5.82 Å². The first-order valence-corrected chi connectivity index (χ1v) is 12.0. The normalized spacial score (nSPS) is 12.0. The number of aromatic nitrogens is 4. The number of halogens is 1. The van der Waals surface area contributed by atoms with Crippen LogP contribution in [-0.2, 0) is 11.3 Å². The van der Waals surface area contributed by atoms with Crippen LogP contribution in [0, 0.1) is 5.82 Å². The maximum atomic E-state index is 13.9. The summed E-state index contributed by atoms with van der Waals surface area (Å²) in [5.74, 6) is -0.669. The molecule has 0 saturated carbocycles. The van der Waals surface area contributed by atoms with Crippen molar-refractivity contribution in [1.82, 2.24) is 25.1 Å². The van der Waals surface area contributed by atoms with E-state index >= 15 is 0 Å². The average molecular weight is 485 g/mol. The first-order chi connectivity index (χ1) is 16.0. The number of hydrogen-bond donors (Lipinski definition) is 2. The van der Waals surface area contributed by atoms with Gasteiger partial charge in [-0.15, -0.1) is 10.2 Å². The topological polar surface area (TPSA) is 102 Å². The van der Waals surface area contributed by atoms with Crippen LogP contribution < -0.4 is 10.6 Å². The van der Waals surface area contributed by atoms with E-state index in [9.17, 15) is 14.0 Å². The fourth-order valence-electron chi connectivity index (χ4n) is 3.22. The SMILES string of the molecule is CCn1c(SCC(=O)Nc2nc3ccccc3s2)nnc1[C@@H](C)NC(=O)c1ccccc1F. The van der Waals surface area contributed by atoms with Crippen molar-refractivity contribution in [1.29, 1.82) is 0 Å². The van der Waals surface area contributed by atoms with Gasteiger partial charge in [0.25, 0.3) is 5.91 Å². The zero-order valence-electron chi connectivity index (χ0n) is 17.9. The molecule has 33 heavy (non-hydrogen) atoms. The fraction of sp³-hybridized carbons (Fsp3) is 0.227. The molecule has 0 saturated heterocycles. The molecule has 0 bridgehead atoms. The van der Waals surface area contributed by atoms with E-state index in [0.29, 0.717) is 22.7 Å². The molecule has 8 nitrogen and oxygen atoms in total. The Hall–Kier alpha value is -3.31. The summed E-state index contributed by atoms with van der Waals surface area (Å²) in [6.07, 6.45) is 0. The zero-order valence-corrected chi connectivity index (χ0v) is 19.5. The lowest BCUT2D eigenvalue weighted by molar-refractivity contribution is -0.113. The van der Waals surface area contributed by atoms with E-state index in [-0.39, 0.29) is 17.2 Å². The van der Waals surface area contributed by atoms with Gasteiger partial charge in [-0.3, -0.25) is 9.59 Å². The summed E-state index contributed by atoms with van der Waals surface area (Å²) in [5, 5.41) is 15.0. The van der Waals surface area contributed by atoms with E-state index in [1.807, 2.05) is 35.8 Å². The van der Waals surface area contributed by atoms with Gasteiger partial charge in [0.2, 0.25) is 5.91 Å². The van der Waals surface area contributed by atoms with Crippen molar-refractivity contribution in [3.63, 3.8) is 0 Å². The molecule has 2 N–H and O–H groups in total. The van der Waals surface area contributed by atoms with Gasteiger partial charge < -0.3 is 15.2 Å². The summed E-state index contributed by atoms with van der Waals surface area (Å²) < 4.78 is 16.7. The van der Waals surface area contributed by atoms with Gasteiger partial charge in [-0.05, 0) is 38.1 Å². The molecule has 0 aliphatic carbocycles. The van der Waals surface area contributed by atoms with E-state index in [1.54, 1.807) is 13.0 Å². The molecule has 1 atom stereocenters. The van der Waals surface area contributed by atoms with Crippen LogP contribution >= 0.6 is 23.1 Å². The van der Waals surface area contributed by atoms with E-state index < -0.39 is 17.8 Å². The summed E-state index contributed by atoms with van der Waals surface area (Å²) in [7, 11) is 0. The molecular weight excluding hydrogens is 463 g/mol. The molecule has 4 aromatic rings. The first kappa shape index (κ1) is 22.9. The maximum absolute atomic E-state index is 13.9. The number of fused-ring (bicyclic) bond motifs is 1. The molecule has 0 unspecified atom stereocenters. The lowest BCUT2D eigenvalue weighted by Gasteiger charge is -2.15. The molecule has 2 amide bonds. The summed E-state index contributed by atoms with van der Waals surface area (Å²) in [5.41, 5.74) is 0.806. The van der Waals surface area contributed by atoms with Crippen molar-refractivity contribution in [2.24, 2.45) is 0 Å². The zero-order chi connectivity index (χ0) is 23.4. The monoisotopic (exact) mass is 484 g/mol. The Bertz CT molecular complexity index is 1270. The minimum atomic E-state index is -0.588. The molecule has 2 aromatic heterocycles. The number of benzene rings is 2. The van der Waals surface area contributed by atoms with E-state index in [0.717, 1.165) is 10.2 Å². The van der Waals surface area contributed by atoms with Gasteiger partial charge in [0, 0.05) is 6.54 Å². The van der Waals surface area contributed by atoms with Crippen LogP contribution in [0.3, 0.4) is 0 Å². The molecule has 11 heteroatoms. The Labute approximate surface area is 197 Å². The van der Waals surface area contributed by atoms with E-state index in [1.165, 1.54) is 41.3 Å². The second-order valence-electron chi connectivity index (χ2n) is 7.08. The molecule has 170 valence electrons. The highest BCUT2D eigenvalue weighted by atomic mass is 32.2. The van der Waals surface area contributed by atoms with Gasteiger partial charge in [-0.1, -0.05) is 47.4 Å². The number of amides is 2. The highest BCUT2D eigenvalue weighted by Gasteiger charge is 2.21. The van der Waals surface area contributed by atoms with Crippen LogP contribution in [0.15, 0.2) is 53.7 Å². The van der Waals surface area contributed by atoms with Crippen LogP contribution in [0.5, 0.6) is 0 Å². The lowest BCUT2D eigenvalue weighted by atomic mass is 10.2. The number of thioether (sulfide) groups is 1. The number of para-hydroxylation sites is 1. The molecular formula is C22H21FN6O2S2. The fourth-order valence-corrected chi connectivity index (χ4v) is 4.91. The Morgan fingerprint density at radius 2 is 1.91 bits per heavy atom. The Morgan fingerprint density at radius 1 is 1.15 bits per heavy atom. The molecule has 0 fully saturated rings. The van der Waals surface area contributed by atoms with Crippen molar-refractivity contribution in [3.8, 4) is 0 Å². The van der Waals surface area contributed by atoms with Gasteiger partial charge in [-0.25, -0.2) is 9.37 Å². The van der Waals surface area contributed by atoms with Crippen LogP contribution in [-0.4, -0.2) is 37.3 Å². The predicted molar refractivity (Wildman–Crippen MR) is 127 cm³/mol. The second-order valence-corrected chi connectivity index (χ2v) is 9.06. The molecule has 0 spiro atoms. The molecule has 0 aliphatic heterocycles. The third kappa shape index (κ3) is 5.20. The molecule has 0 aliphatic rings. The van der Waals surface area contributed by atoms with E-state index in [4.69, 9.17) is 0 Å². The quantitative estimate of drug-likeness (QED) is 0.362. The summed E-state index contributed by atoms with van der Waals surface area (Å²) in [4.78, 5) is 29.3. The Balaban J connectivity index is 1.39. The van der Waals surface area contributed by atoms with Gasteiger partial charge >= 0.3 is 0 Å². The Morgan fingerprint density at radius 3 is 2.67 bits per heavy atom. The van der Waals surface area contributed by atoms with Gasteiger partial charge in [0.15, 0.2) is 16.1 Å². The smallest absolute Gasteiger partial charge is 0.254 e. The highest BCUT2D eigenvalue weighted by molar-refractivity contribution is 7.99. The van der Waals surface area contributed by atoms with Crippen LogP contribution in [0.2, 0.25) is 0 Å². The molecule has 4 rings (SSSR count). The number of carbonyl (C=O) groups is 2. The highest BCUT2D eigenvalue weighted by Crippen LogP contribution is 2.26. The number of rotatable bonds is 8. The molecule has 0 radical (unpaired) electrons. The Kier molecular flexibility index (Phi) is 6.99. The minimum Gasteiger partial charge on any atom is -0.342 e. The largest absolute Gasteiger partial charge is 0.342 e. The first-order valence-electron chi connectivity index (χ1n) is 10.2. The van der Waals surface area contributed by atoms with Crippen LogP contribution in [0.4, 0.5) is 9.52 Å². The number of hydrogen-bond acceptors (Lipinski definition) is 7.